The molecule has 1 saturated carbocycles. The van der Waals surface area contributed by atoms with E-state index in [9.17, 15) is 0 Å². The second kappa shape index (κ2) is 5.53. The molecule has 1 aliphatic carbocycles. The number of hydrogen-bond acceptors (Lipinski definition) is 2. The lowest BCUT2D eigenvalue weighted by atomic mass is 9.69. The molecule has 0 spiro atoms. The average Bonchev–Trinajstić information content (AvgIpc) is 2.54. The van der Waals surface area contributed by atoms with E-state index in [-0.39, 0.29) is 5.41 Å². The number of nitrogens with zero attached hydrogens (tertiary/aromatic N) is 1. The molecule has 1 heterocycles. The van der Waals surface area contributed by atoms with Crippen LogP contribution in [0.3, 0.4) is 0 Å². The number of aromatic nitrogens is 1. The summed E-state index contributed by atoms with van der Waals surface area (Å²) in [6.07, 6.45) is 11.5. The van der Waals surface area contributed by atoms with E-state index in [2.05, 4.69) is 30.1 Å². The second-order valence-electron chi connectivity index (χ2n) is 6.13. The van der Waals surface area contributed by atoms with Gasteiger partial charge in [0.25, 0.3) is 0 Å². The van der Waals surface area contributed by atoms with E-state index in [0.717, 1.165) is 13.0 Å². The molecular weight excluding hydrogens is 244 g/mol. The molecule has 0 saturated heterocycles. The molecule has 3 rings (SSSR count). The predicted octanol–water partition coefficient (Wildman–Crippen LogP) is 3.96. The Labute approximate surface area is 121 Å². The third kappa shape index (κ3) is 2.22. The maximum Gasteiger partial charge on any atom is 0.0346 e. The van der Waals surface area contributed by atoms with Crippen LogP contribution in [0.5, 0.6) is 0 Å². The highest BCUT2D eigenvalue weighted by molar-refractivity contribution is 5.85. The van der Waals surface area contributed by atoms with Gasteiger partial charge in [-0.05, 0) is 41.8 Å². The first-order valence-electron chi connectivity index (χ1n) is 7.86. The van der Waals surface area contributed by atoms with Crippen molar-refractivity contribution in [2.75, 3.05) is 6.54 Å². The quantitative estimate of drug-likeness (QED) is 0.915. The molecule has 20 heavy (non-hydrogen) atoms. The minimum atomic E-state index is 0.203. The predicted molar refractivity (Wildman–Crippen MR) is 84.9 cm³/mol. The largest absolute Gasteiger partial charge is 0.330 e. The Bertz CT molecular complexity index is 597. The van der Waals surface area contributed by atoms with Gasteiger partial charge in [0.1, 0.15) is 0 Å². The summed E-state index contributed by atoms with van der Waals surface area (Å²) in [5, 5.41) is 2.61. The van der Waals surface area contributed by atoms with E-state index in [1.54, 1.807) is 0 Å². The summed E-state index contributed by atoms with van der Waals surface area (Å²) in [5.41, 5.74) is 9.11. The van der Waals surface area contributed by atoms with Crippen LogP contribution in [-0.4, -0.2) is 11.5 Å². The van der Waals surface area contributed by atoms with Crippen molar-refractivity contribution < 1.29 is 0 Å². The maximum atomic E-state index is 6.15. The zero-order valence-corrected chi connectivity index (χ0v) is 12.4. The van der Waals surface area contributed by atoms with Crippen molar-refractivity contribution in [1.82, 2.24) is 4.98 Å². The molecule has 0 atom stereocenters. The van der Waals surface area contributed by atoms with Gasteiger partial charge < -0.3 is 5.73 Å². The molecule has 1 aromatic heterocycles. The molecule has 1 aromatic carbocycles. The number of nitrogens with two attached hydrogens (primary N) is 1. The molecule has 0 amide bonds. The van der Waals surface area contributed by atoms with Crippen LogP contribution in [0.1, 0.15) is 50.2 Å². The van der Waals surface area contributed by atoms with Crippen molar-refractivity contribution >= 4 is 10.8 Å². The van der Waals surface area contributed by atoms with Gasteiger partial charge in [0, 0.05) is 29.7 Å². The fourth-order valence-corrected chi connectivity index (χ4v) is 3.69. The molecule has 0 radical (unpaired) electrons. The third-order valence-corrected chi connectivity index (χ3v) is 5.04. The minimum Gasteiger partial charge on any atom is -0.330 e. The maximum absolute atomic E-state index is 6.15. The van der Waals surface area contributed by atoms with Crippen LogP contribution < -0.4 is 5.73 Å². The molecular formula is C18H24N2. The molecule has 0 aliphatic heterocycles. The van der Waals surface area contributed by atoms with Gasteiger partial charge in [-0.3, -0.25) is 4.98 Å². The summed E-state index contributed by atoms with van der Waals surface area (Å²) in [6, 6.07) is 6.91. The molecule has 0 bridgehead atoms. The number of aryl methyl sites for hydroxylation is 1. The molecule has 1 fully saturated rings. The summed E-state index contributed by atoms with van der Waals surface area (Å²) in [6.45, 7) is 2.95. The van der Waals surface area contributed by atoms with Gasteiger partial charge in [-0.25, -0.2) is 0 Å². The first-order chi connectivity index (χ1) is 9.79. The molecule has 2 N–H and O–H groups in total. The Balaban J connectivity index is 2.08. The number of benzene rings is 1. The van der Waals surface area contributed by atoms with Crippen molar-refractivity contribution in [1.29, 1.82) is 0 Å². The standard InChI is InChI=1S/C18H24N2/c1-2-14-11-20-12-15-10-16(6-7-17(14)15)18(13-19)8-4-3-5-9-18/h6-7,10-12H,2-5,8-9,13,19H2,1H3. The van der Waals surface area contributed by atoms with Crippen LogP contribution in [0.15, 0.2) is 30.6 Å². The Kier molecular flexibility index (Phi) is 3.75. The van der Waals surface area contributed by atoms with Crippen LogP contribution >= 0.6 is 0 Å². The van der Waals surface area contributed by atoms with E-state index in [1.807, 2.05) is 12.4 Å². The van der Waals surface area contributed by atoms with Crippen LogP contribution in [0.2, 0.25) is 0 Å². The number of hydrogen-bond donors (Lipinski definition) is 1. The van der Waals surface area contributed by atoms with E-state index < -0.39 is 0 Å². The Morgan fingerprint density at radius 2 is 1.95 bits per heavy atom. The molecule has 1 aliphatic rings. The van der Waals surface area contributed by atoms with Crippen molar-refractivity contribution in [3.8, 4) is 0 Å². The van der Waals surface area contributed by atoms with Gasteiger partial charge in [-0.2, -0.15) is 0 Å². The third-order valence-electron chi connectivity index (χ3n) is 5.04. The molecule has 2 heteroatoms. The summed E-state index contributed by atoms with van der Waals surface area (Å²) >= 11 is 0. The van der Waals surface area contributed by atoms with E-state index in [4.69, 9.17) is 5.73 Å². The monoisotopic (exact) mass is 268 g/mol. The van der Waals surface area contributed by atoms with Crippen molar-refractivity contribution in [3.63, 3.8) is 0 Å². The van der Waals surface area contributed by atoms with Gasteiger partial charge >= 0.3 is 0 Å². The van der Waals surface area contributed by atoms with Gasteiger partial charge in [-0.1, -0.05) is 38.3 Å². The number of rotatable bonds is 3. The van der Waals surface area contributed by atoms with Gasteiger partial charge in [0.05, 0.1) is 0 Å². The molecule has 0 unspecified atom stereocenters. The summed E-state index contributed by atoms with van der Waals surface area (Å²) in [7, 11) is 0. The fraction of sp³-hybridized carbons (Fsp3) is 0.500. The Morgan fingerprint density at radius 1 is 1.15 bits per heavy atom. The van der Waals surface area contributed by atoms with Crippen LogP contribution in [0.4, 0.5) is 0 Å². The van der Waals surface area contributed by atoms with E-state index >= 15 is 0 Å². The Hall–Kier alpha value is -1.41. The number of pyridine rings is 1. The first kappa shape index (κ1) is 13.6. The highest BCUT2D eigenvalue weighted by atomic mass is 14.6. The SMILES string of the molecule is CCc1cncc2cc(C3(CN)CCCCC3)ccc12. The summed E-state index contributed by atoms with van der Waals surface area (Å²) in [5.74, 6) is 0. The smallest absolute Gasteiger partial charge is 0.0346 e. The first-order valence-corrected chi connectivity index (χ1v) is 7.86. The van der Waals surface area contributed by atoms with E-state index in [1.165, 1.54) is 54.0 Å². The molecule has 106 valence electrons. The number of fused-ring (bicyclic) bond motifs is 1. The second-order valence-corrected chi connectivity index (χ2v) is 6.13. The van der Waals surface area contributed by atoms with E-state index in [0.29, 0.717) is 0 Å². The van der Waals surface area contributed by atoms with Gasteiger partial charge in [0.2, 0.25) is 0 Å². The lowest BCUT2D eigenvalue weighted by Crippen LogP contribution is -2.37. The summed E-state index contributed by atoms with van der Waals surface area (Å²) < 4.78 is 0. The van der Waals surface area contributed by atoms with Crippen LogP contribution in [0.25, 0.3) is 10.8 Å². The summed E-state index contributed by atoms with van der Waals surface area (Å²) in [4.78, 5) is 4.39. The van der Waals surface area contributed by atoms with Gasteiger partial charge in [0.15, 0.2) is 0 Å². The lowest BCUT2D eigenvalue weighted by Gasteiger charge is -2.37. The van der Waals surface area contributed by atoms with Crippen molar-refractivity contribution in [2.24, 2.45) is 5.73 Å². The van der Waals surface area contributed by atoms with Gasteiger partial charge in [-0.15, -0.1) is 0 Å². The minimum absolute atomic E-state index is 0.203. The van der Waals surface area contributed by atoms with Crippen molar-refractivity contribution in [3.05, 3.63) is 41.7 Å². The fourth-order valence-electron chi connectivity index (χ4n) is 3.69. The normalized spacial score (nSPS) is 18.3. The van der Waals surface area contributed by atoms with Crippen LogP contribution in [0, 0.1) is 0 Å². The van der Waals surface area contributed by atoms with Crippen molar-refractivity contribution in [2.45, 2.75) is 50.9 Å². The average molecular weight is 268 g/mol. The zero-order chi connectivity index (χ0) is 14.0. The Morgan fingerprint density at radius 3 is 2.65 bits per heavy atom. The zero-order valence-electron chi connectivity index (χ0n) is 12.4. The molecule has 2 nitrogen and oxygen atoms in total. The highest BCUT2D eigenvalue weighted by Crippen LogP contribution is 2.39. The lowest BCUT2D eigenvalue weighted by molar-refractivity contribution is 0.301. The molecule has 2 aromatic rings. The highest BCUT2D eigenvalue weighted by Gasteiger charge is 2.32. The topological polar surface area (TPSA) is 38.9 Å². The van der Waals surface area contributed by atoms with Crippen LogP contribution in [-0.2, 0) is 11.8 Å².